The van der Waals surface area contributed by atoms with E-state index in [1.165, 1.54) is 6.07 Å². The van der Waals surface area contributed by atoms with Gasteiger partial charge in [0, 0.05) is 12.6 Å². The van der Waals surface area contributed by atoms with Gasteiger partial charge in [0.15, 0.2) is 11.6 Å². The zero-order valence-corrected chi connectivity index (χ0v) is 11.4. The van der Waals surface area contributed by atoms with Crippen molar-refractivity contribution in [2.45, 2.75) is 25.5 Å². The summed E-state index contributed by atoms with van der Waals surface area (Å²) in [6.07, 6.45) is 2.23. The summed E-state index contributed by atoms with van der Waals surface area (Å²) in [4.78, 5) is 0. The highest BCUT2D eigenvalue weighted by Gasteiger charge is 2.11. The molecule has 0 aliphatic rings. The molecule has 2 atom stereocenters. The number of aliphatic hydroxyl groups is 1. The molecule has 2 unspecified atom stereocenters. The van der Waals surface area contributed by atoms with Gasteiger partial charge in [-0.1, -0.05) is 6.07 Å². The Morgan fingerprint density at radius 3 is 2.67 bits per heavy atom. The van der Waals surface area contributed by atoms with Crippen LogP contribution in [0.2, 0.25) is 0 Å². The third kappa shape index (κ3) is 4.92. The van der Waals surface area contributed by atoms with Crippen molar-refractivity contribution in [1.82, 2.24) is 5.32 Å². The quantitative estimate of drug-likeness (QED) is 0.802. The predicted octanol–water partition coefficient (Wildman–Crippen LogP) is 2.73. The molecule has 0 amide bonds. The van der Waals surface area contributed by atoms with Crippen LogP contribution in [0.1, 0.15) is 25.0 Å². The Morgan fingerprint density at radius 2 is 2.06 bits per heavy atom. The van der Waals surface area contributed by atoms with Crippen molar-refractivity contribution in [2.75, 3.05) is 18.6 Å². The molecule has 1 aromatic carbocycles. The van der Waals surface area contributed by atoms with E-state index in [-0.39, 0.29) is 6.04 Å². The molecule has 102 valence electrons. The maximum atomic E-state index is 13.0. The fraction of sp³-hybridized carbons (Fsp3) is 0.538. The van der Waals surface area contributed by atoms with Gasteiger partial charge in [-0.05, 0) is 43.0 Å². The number of aliphatic hydroxyl groups excluding tert-OH is 1. The van der Waals surface area contributed by atoms with Crippen LogP contribution in [0.15, 0.2) is 18.2 Å². The minimum atomic E-state index is -0.929. The molecular formula is C13H19F2NOS. The lowest BCUT2D eigenvalue weighted by atomic mass is 10.1. The van der Waals surface area contributed by atoms with Crippen LogP contribution < -0.4 is 5.32 Å². The maximum Gasteiger partial charge on any atom is 0.159 e. The molecular weight excluding hydrogens is 256 g/mol. The lowest BCUT2D eigenvalue weighted by molar-refractivity contribution is 0.170. The van der Waals surface area contributed by atoms with Crippen LogP contribution in [-0.2, 0) is 0 Å². The second-order valence-electron chi connectivity index (χ2n) is 4.28. The Hall–Kier alpha value is -0.650. The van der Waals surface area contributed by atoms with E-state index in [4.69, 9.17) is 0 Å². The first kappa shape index (κ1) is 15.4. The number of hydrogen-bond acceptors (Lipinski definition) is 3. The average Bonchev–Trinajstić information content (AvgIpc) is 2.36. The summed E-state index contributed by atoms with van der Waals surface area (Å²) in [6, 6.07) is 3.76. The van der Waals surface area contributed by atoms with Crippen molar-refractivity contribution in [2.24, 2.45) is 0 Å². The van der Waals surface area contributed by atoms with E-state index < -0.39 is 17.7 Å². The van der Waals surface area contributed by atoms with Crippen LogP contribution >= 0.6 is 11.8 Å². The smallest absolute Gasteiger partial charge is 0.159 e. The summed E-state index contributed by atoms with van der Waals surface area (Å²) in [7, 11) is 0. The number of rotatable bonds is 7. The third-order valence-corrected chi connectivity index (χ3v) is 3.39. The van der Waals surface area contributed by atoms with Crippen LogP contribution in [-0.4, -0.2) is 29.7 Å². The molecule has 0 saturated heterocycles. The largest absolute Gasteiger partial charge is 0.387 e. The Balaban J connectivity index is 2.44. The van der Waals surface area contributed by atoms with Gasteiger partial charge < -0.3 is 10.4 Å². The zero-order valence-electron chi connectivity index (χ0n) is 10.6. The van der Waals surface area contributed by atoms with E-state index in [1.54, 1.807) is 11.8 Å². The summed E-state index contributed by atoms with van der Waals surface area (Å²) in [5.41, 5.74) is 0.387. The molecule has 0 bridgehead atoms. The number of halogens is 2. The van der Waals surface area contributed by atoms with E-state index in [2.05, 4.69) is 5.32 Å². The molecule has 2 nitrogen and oxygen atoms in total. The second-order valence-corrected chi connectivity index (χ2v) is 5.27. The Labute approximate surface area is 111 Å². The number of benzene rings is 1. The monoisotopic (exact) mass is 275 g/mol. The van der Waals surface area contributed by atoms with Crippen molar-refractivity contribution in [3.8, 4) is 0 Å². The van der Waals surface area contributed by atoms with Crippen LogP contribution in [0.3, 0.4) is 0 Å². The van der Waals surface area contributed by atoms with Gasteiger partial charge in [-0.15, -0.1) is 0 Å². The summed E-state index contributed by atoms with van der Waals surface area (Å²) in [5, 5.41) is 13.0. The molecule has 18 heavy (non-hydrogen) atoms. The normalized spacial score (nSPS) is 14.5. The molecule has 0 aliphatic carbocycles. The summed E-state index contributed by atoms with van der Waals surface area (Å²) in [5.74, 6) is -0.774. The molecule has 0 aromatic heterocycles. The van der Waals surface area contributed by atoms with Gasteiger partial charge in [0.25, 0.3) is 0 Å². The summed E-state index contributed by atoms with van der Waals surface area (Å²) >= 11 is 1.77. The SMILES string of the molecule is CSCCC(C)NCC(O)c1ccc(F)c(F)c1. The molecule has 1 rings (SSSR count). The Morgan fingerprint density at radius 1 is 1.33 bits per heavy atom. The standard InChI is InChI=1S/C13H19F2NOS/c1-9(5-6-18-2)16-8-13(17)10-3-4-11(14)12(15)7-10/h3-4,7,9,13,16-17H,5-6,8H2,1-2H3. The second kappa shape index (κ2) is 7.71. The number of hydrogen-bond donors (Lipinski definition) is 2. The van der Waals surface area contributed by atoms with Gasteiger partial charge in [-0.3, -0.25) is 0 Å². The Bertz CT molecular complexity index is 376. The van der Waals surface area contributed by atoms with E-state index in [1.807, 2.05) is 13.2 Å². The predicted molar refractivity (Wildman–Crippen MR) is 71.8 cm³/mol. The highest BCUT2D eigenvalue weighted by molar-refractivity contribution is 7.98. The molecule has 0 fully saturated rings. The van der Waals surface area contributed by atoms with Crippen LogP contribution in [0, 0.1) is 11.6 Å². The first-order chi connectivity index (χ1) is 8.54. The van der Waals surface area contributed by atoms with Crippen molar-refractivity contribution in [3.05, 3.63) is 35.4 Å². The van der Waals surface area contributed by atoms with Crippen molar-refractivity contribution < 1.29 is 13.9 Å². The van der Waals surface area contributed by atoms with Crippen molar-refractivity contribution in [1.29, 1.82) is 0 Å². The molecule has 0 radical (unpaired) electrons. The van der Waals surface area contributed by atoms with Crippen molar-refractivity contribution in [3.63, 3.8) is 0 Å². The third-order valence-electron chi connectivity index (χ3n) is 2.74. The minimum absolute atomic E-state index is 0.289. The van der Waals surface area contributed by atoms with Gasteiger partial charge in [0.1, 0.15) is 0 Å². The lowest BCUT2D eigenvalue weighted by Gasteiger charge is -2.17. The zero-order chi connectivity index (χ0) is 13.5. The first-order valence-electron chi connectivity index (χ1n) is 5.90. The van der Waals surface area contributed by atoms with E-state index in [0.29, 0.717) is 12.1 Å². The van der Waals surface area contributed by atoms with Gasteiger partial charge in [0.2, 0.25) is 0 Å². The van der Waals surface area contributed by atoms with Crippen LogP contribution in [0.4, 0.5) is 8.78 Å². The molecule has 0 spiro atoms. The average molecular weight is 275 g/mol. The number of nitrogens with one attached hydrogen (secondary N) is 1. The van der Waals surface area contributed by atoms with Crippen LogP contribution in [0.25, 0.3) is 0 Å². The van der Waals surface area contributed by atoms with Gasteiger partial charge in [-0.25, -0.2) is 8.78 Å². The molecule has 0 aliphatic heterocycles. The molecule has 0 heterocycles. The molecule has 2 N–H and O–H groups in total. The highest BCUT2D eigenvalue weighted by Crippen LogP contribution is 2.16. The lowest BCUT2D eigenvalue weighted by Crippen LogP contribution is -2.30. The number of thioether (sulfide) groups is 1. The van der Waals surface area contributed by atoms with Crippen molar-refractivity contribution >= 4 is 11.8 Å². The fourth-order valence-corrected chi connectivity index (χ4v) is 2.14. The van der Waals surface area contributed by atoms with Crippen LogP contribution in [0.5, 0.6) is 0 Å². The molecule has 5 heteroatoms. The molecule has 0 saturated carbocycles. The Kier molecular flexibility index (Phi) is 6.60. The minimum Gasteiger partial charge on any atom is -0.387 e. The van der Waals surface area contributed by atoms with Gasteiger partial charge in [-0.2, -0.15) is 11.8 Å². The van der Waals surface area contributed by atoms with Gasteiger partial charge >= 0.3 is 0 Å². The fourth-order valence-electron chi connectivity index (χ4n) is 1.55. The van der Waals surface area contributed by atoms with Gasteiger partial charge in [0.05, 0.1) is 6.10 Å². The first-order valence-corrected chi connectivity index (χ1v) is 7.29. The van der Waals surface area contributed by atoms with E-state index in [0.717, 1.165) is 24.3 Å². The highest BCUT2D eigenvalue weighted by atomic mass is 32.2. The summed E-state index contributed by atoms with van der Waals surface area (Å²) in [6.45, 7) is 2.37. The van der Waals surface area contributed by atoms with E-state index in [9.17, 15) is 13.9 Å². The summed E-state index contributed by atoms with van der Waals surface area (Å²) < 4.78 is 25.7. The topological polar surface area (TPSA) is 32.3 Å². The maximum absolute atomic E-state index is 13.0. The molecule has 1 aromatic rings. The van der Waals surface area contributed by atoms with E-state index >= 15 is 0 Å².